The second-order valence-corrected chi connectivity index (χ2v) is 7.39. The number of nitrogens with zero attached hydrogens (tertiary/aromatic N) is 1. The van der Waals surface area contributed by atoms with E-state index in [2.05, 4.69) is 0 Å². The molecule has 0 radical (unpaired) electrons. The highest BCUT2D eigenvalue weighted by Crippen LogP contribution is 2.42. The molecule has 1 heterocycles. The molecule has 1 aliphatic heterocycles. The van der Waals surface area contributed by atoms with Crippen LogP contribution in [0.15, 0.2) is 42.5 Å². The molecule has 2 aromatic rings. The summed E-state index contributed by atoms with van der Waals surface area (Å²) in [6.07, 6.45) is -1.11. The number of amides is 1. The van der Waals surface area contributed by atoms with Gasteiger partial charge in [-0.3, -0.25) is 4.79 Å². The normalized spacial score (nSPS) is 20.2. The minimum absolute atomic E-state index is 0.0720. The van der Waals surface area contributed by atoms with Crippen molar-refractivity contribution >= 4 is 34.8 Å². The largest absolute Gasteiger partial charge is 0.396 e. The van der Waals surface area contributed by atoms with Crippen LogP contribution in [-0.2, 0) is 9.53 Å². The van der Waals surface area contributed by atoms with Crippen molar-refractivity contribution in [2.24, 2.45) is 0 Å². The number of benzene rings is 2. The van der Waals surface area contributed by atoms with Crippen LogP contribution in [0.25, 0.3) is 0 Å². The second-order valence-electron chi connectivity index (χ2n) is 6.54. The van der Waals surface area contributed by atoms with E-state index < -0.39 is 12.2 Å². The van der Waals surface area contributed by atoms with E-state index >= 15 is 0 Å². The Labute approximate surface area is 163 Å². The first-order chi connectivity index (χ1) is 12.4. The van der Waals surface area contributed by atoms with Gasteiger partial charge in [-0.1, -0.05) is 41.4 Å². The van der Waals surface area contributed by atoms with E-state index in [4.69, 9.17) is 27.9 Å². The van der Waals surface area contributed by atoms with Crippen LogP contribution in [0.4, 0.5) is 5.69 Å². The molecule has 1 aliphatic rings. The highest BCUT2D eigenvalue weighted by Gasteiger charge is 2.37. The van der Waals surface area contributed by atoms with E-state index in [-0.39, 0.29) is 25.0 Å². The number of hydrogen-bond acceptors (Lipinski definition) is 3. The highest BCUT2D eigenvalue weighted by atomic mass is 35.5. The number of aliphatic hydroxyl groups is 1. The first-order valence-electron chi connectivity index (χ1n) is 8.57. The number of carbonyl (C=O) groups is 1. The number of rotatable bonds is 4. The Morgan fingerprint density at radius 3 is 2.54 bits per heavy atom. The minimum Gasteiger partial charge on any atom is -0.396 e. The van der Waals surface area contributed by atoms with E-state index in [1.165, 1.54) is 0 Å². The van der Waals surface area contributed by atoms with Gasteiger partial charge in [-0.25, -0.2) is 0 Å². The van der Waals surface area contributed by atoms with Crippen molar-refractivity contribution in [2.75, 3.05) is 11.5 Å². The number of aliphatic hydroxyl groups excluding tert-OH is 1. The van der Waals surface area contributed by atoms with E-state index in [0.717, 1.165) is 16.8 Å². The molecule has 2 aromatic carbocycles. The number of anilines is 1. The van der Waals surface area contributed by atoms with Crippen LogP contribution in [-0.4, -0.2) is 29.8 Å². The molecule has 0 bridgehead atoms. The zero-order chi connectivity index (χ0) is 18.8. The standard InChI is InChI=1S/C20H21Cl2NO3/c1-12(2)23-17-8-7-13(21)11-15(17)19(14-5-3-4-6-16(14)22)26-18(9-10-24)20(23)25/h3-8,11-12,18-19,24H,9-10H2,1-2H3. The Bertz CT molecular complexity index is 809. The summed E-state index contributed by atoms with van der Waals surface area (Å²) in [6, 6.07) is 12.7. The summed E-state index contributed by atoms with van der Waals surface area (Å²) < 4.78 is 6.20. The summed E-state index contributed by atoms with van der Waals surface area (Å²) in [7, 11) is 0. The minimum atomic E-state index is -0.769. The molecule has 4 nitrogen and oxygen atoms in total. The first-order valence-corrected chi connectivity index (χ1v) is 9.33. The average molecular weight is 394 g/mol. The van der Waals surface area contributed by atoms with Gasteiger partial charge in [0.1, 0.15) is 12.2 Å². The summed E-state index contributed by atoms with van der Waals surface area (Å²) in [5.74, 6) is -0.174. The molecular weight excluding hydrogens is 373 g/mol. The zero-order valence-corrected chi connectivity index (χ0v) is 16.2. The van der Waals surface area contributed by atoms with Crippen LogP contribution >= 0.6 is 23.2 Å². The number of halogens is 2. The molecule has 2 atom stereocenters. The highest BCUT2D eigenvalue weighted by molar-refractivity contribution is 6.31. The van der Waals surface area contributed by atoms with Crippen LogP contribution in [0.2, 0.25) is 10.0 Å². The van der Waals surface area contributed by atoms with Gasteiger partial charge in [0.2, 0.25) is 0 Å². The van der Waals surface area contributed by atoms with Crippen LogP contribution in [0.5, 0.6) is 0 Å². The maximum absolute atomic E-state index is 13.1. The molecule has 2 unspecified atom stereocenters. The topological polar surface area (TPSA) is 49.8 Å². The zero-order valence-electron chi connectivity index (χ0n) is 14.7. The van der Waals surface area contributed by atoms with Crippen LogP contribution in [0.3, 0.4) is 0 Å². The van der Waals surface area contributed by atoms with E-state index in [0.29, 0.717) is 10.0 Å². The lowest BCUT2D eigenvalue weighted by Gasteiger charge is -2.28. The molecule has 0 spiro atoms. The molecular formula is C20H21Cl2NO3. The summed E-state index contributed by atoms with van der Waals surface area (Å²) in [5.41, 5.74) is 2.30. The number of hydrogen-bond donors (Lipinski definition) is 1. The Balaban J connectivity index is 2.23. The fourth-order valence-corrected chi connectivity index (χ4v) is 3.71. The molecule has 138 valence electrons. The average Bonchev–Trinajstić information content (AvgIpc) is 2.71. The van der Waals surface area contributed by atoms with Gasteiger partial charge < -0.3 is 14.7 Å². The summed E-state index contributed by atoms with van der Waals surface area (Å²) in [6.45, 7) is 3.75. The Kier molecular flexibility index (Phi) is 5.88. The fourth-order valence-electron chi connectivity index (χ4n) is 3.29. The Morgan fingerprint density at radius 2 is 1.88 bits per heavy atom. The lowest BCUT2D eigenvalue weighted by Crippen LogP contribution is -2.43. The number of carbonyl (C=O) groups excluding carboxylic acids is 1. The Hall–Kier alpha value is -1.59. The smallest absolute Gasteiger partial charge is 0.256 e. The van der Waals surface area contributed by atoms with Crippen molar-refractivity contribution < 1.29 is 14.6 Å². The quantitative estimate of drug-likeness (QED) is 0.824. The van der Waals surface area contributed by atoms with Gasteiger partial charge in [0.25, 0.3) is 5.91 Å². The van der Waals surface area contributed by atoms with Crippen LogP contribution < -0.4 is 4.90 Å². The molecule has 0 fully saturated rings. The molecule has 0 aromatic heterocycles. The van der Waals surface area contributed by atoms with Gasteiger partial charge in [-0.2, -0.15) is 0 Å². The van der Waals surface area contributed by atoms with Gasteiger partial charge in [0.05, 0.1) is 5.69 Å². The van der Waals surface area contributed by atoms with Gasteiger partial charge in [0.15, 0.2) is 0 Å². The third kappa shape index (κ3) is 3.60. The molecule has 0 saturated carbocycles. The summed E-state index contributed by atoms with van der Waals surface area (Å²) >= 11 is 12.7. The predicted octanol–water partition coefficient (Wildman–Crippen LogP) is 4.61. The Morgan fingerprint density at radius 1 is 1.15 bits per heavy atom. The van der Waals surface area contributed by atoms with Gasteiger partial charge in [-0.05, 0) is 38.1 Å². The van der Waals surface area contributed by atoms with Crippen molar-refractivity contribution in [2.45, 2.75) is 38.5 Å². The molecule has 26 heavy (non-hydrogen) atoms. The molecule has 1 amide bonds. The number of fused-ring (bicyclic) bond motifs is 1. The maximum Gasteiger partial charge on any atom is 0.256 e. The molecule has 3 rings (SSSR count). The van der Waals surface area contributed by atoms with E-state index in [9.17, 15) is 9.90 Å². The first kappa shape index (κ1) is 19.2. The van der Waals surface area contributed by atoms with Gasteiger partial charge in [-0.15, -0.1) is 0 Å². The third-order valence-electron chi connectivity index (χ3n) is 4.44. The van der Waals surface area contributed by atoms with Crippen LogP contribution in [0.1, 0.15) is 37.5 Å². The van der Waals surface area contributed by atoms with Crippen molar-refractivity contribution in [3.8, 4) is 0 Å². The van der Waals surface area contributed by atoms with Gasteiger partial charge in [0, 0.05) is 40.2 Å². The summed E-state index contributed by atoms with van der Waals surface area (Å²) in [4.78, 5) is 14.8. The maximum atomic E-state index is 13.1. The van der Waals surface area contributed by atoms with Crippen LogP contribution in [0, 0.1) is 0 Å². The molecule has 6 heteroatoms. The lowest BCUT2D eigenvalue weighted by atomic mass is 9.99. The van der Waals surface area contributed by atoms with Crippen molar-refractivity contribution in [1.29, 1.82) is 0 Å². The predicted molar refractivity (Wildman–Crippen MR) is 104 cm³/mol. The lowest BCUT2D eigenvalue weighted by molar-refractivity contribution is -0.133. The third-order valence-corrected chi connectivity index (χ3v) is 5.02. The van der Waals surface area contributed by atoms with E-state index in [1.54, 1.807) is 17.0 Å². The molecule has 0 saturated heterocycles. The van der Waals surface area contributed by atoms with E-state index in [1.807, 2.05) is 44.2 Å². The molecule has 1 N–H and O–H groups in total. The fraction of sp³-hybridized carbons (Fsp3) is 0.350. The van der Waals surface area contributed by atoms with Crippen molar-refractivity contribution in [3.05, 3.63) is 63.6 Å². The second kappa shape index (κ2) is 7.97. The van der Waals surface area contributed by atoms with Crippen molar-refractivity contribution in [1.82, 2.24) is 0 Å². The monoisotopic (exact) mass is 393 g/mol. The summed E-state index contributed by atoms with van der Waals surface area (Å²) in [5, 5.41) is 10.5. The number of ether oxygens (including phenoxy) is 1. The van der Waals surface area contributed by atoms with Gasteiger partial charge >= 0.3 is 0 Å². The SMILES string of the molecule is CC(C)N1C(=O)C(CCO)OC(c2ccccc2Cl)c2cc(Cl)ccc21. The van der Waals surface area contributed by atoms with Crippen molar-refractivity contribution in [3.63, 3.8) is 0 Å². The molecule has 0 aliphatic carbocycles.